The van der Waals surface area contributed by atoms with Gasteiger partial charge < -0.3 is 9.80 Å². The van der Waals surface area contributed by atoms with E-state index < -0.39 is 0 Å². The smallest absolute Gasteiger partial charge is 0.253 e. The van der Waals surface area contributed by atoms with Crippen molar-refractivity contribution in [3.63, 3.8) is 0 Å². The Kier molecular flexibility index (Phi) is 5.65. The third kappa shape index (κ3) is 4.75. The average Bonchev–Trinajstić information content (AvgIpc) is 3.05. The number of piperazine rings is 1. The van der Waals surface area contributed by atoms with Crippen molar-refractivity contribution in [2.24, 2.45) is 0 Å². The Bertz CT molecular complexity index is 813. The van der Waals surface area contributed by atoms with E-state index in [2.05, 4.69) is 25.8 Å². The first-order chi connectivity index (χ1) is 12.7. The minimum atomic E-state index is 0.0395. The largest absolute Gasteiger partial charge is 0.339 e. The molecule has 0 radical (unpaired) electrons. The highest BCUT2D eigenvalue weighted by Crippen LogP contribution is 2.22. The number of carbonyl (C=O) groups is 2. The molecule has 1 aromatic carbocycles. The van der Waals surface area contributed by atoms with Crippen LogP contribution in [0.1, 0.15) is 47.4 Å². The second-order valence-electron chi connectivity index (χ2n) is 8.03. The average molecular weight is 386 g/mol. The van der Waals surface area contributed by atoms with E-state index >= 15 is 0 Å². The topological polar surface area (TPSA) is 53.5 Å². The number of aryl methyl sites for hydroxylation is 1. The van der Waals surface area contributed by atoms with Gasteiger partial charge in [-0.1, -0.05) is 32.9 Å². The molecular weight excluding hydrogens is 358 g/mol. The second-order valence-corrected chi connectivity index (χ2v) is 9.10. The van der Waals surface area contributed by atoms with Crippen LogP contribution in [0.25, 0.3) is 0 Å². The van der Waals surface area contributed by atoms with Crippen LogP contribution in [0.3, 0.4) is 0 Å². The first-order valence-electron chi connectivity index (χ1n) is 9.32. The third-order valence-electron chi connectivity index (χ3n) is 4.92. The first-order valence-corrected chi connectivity index (χ1v) is 10.2. The normalized spacial score (nSPS) is 15.1. The quantitative estimate of drug-likeness (QED) is 0.815. The zero-order valence-corrected chi connectivity index (χ0v) is 17.3. The maximum Gasteiger partial charge on any atom is 0.253 e. The van der Waals surface area contributed by atoms with Crippen molar-refractivity contribution < 1.29 is 9.59 Å². The highest BCUT2D eigenvalue weighted by Gasteiger charge is 2.25. The summed E-state index contributed by atoms with van der Waals surface area (Å²) in [6.45, 7) is 10.7. The molecule has 2 heterocycles. The van der Waals surface area contributed by atoms with Crippen molar-refractivity contribution in [1.29, 1.82) is 0 Å². The van der Waals surface area contributed by atoms with E-state index in [9.17, 15) is 9.59 Å². The lowest BCUT2D eigenvalue weighted by atomic mass is 9.86. The summed E-state index contributed by atoms with van der Waals surface area (Å²) in [6, 6.07) is 7.88. The van der Waals surface area contributed by atoms with Crippen molar-refractivity contribution in [3.05, 3.63) is 51.5 Å². The predicted octanol–water partition coefficient (Wildman–Crippen LogP) is 3.28. The summed E-state index contributed by atoms with van der Waals surface area (Å²) in [4.78, 5) is 33.2. The summed E-state index contributed by atoms with van der Waals surface area (Å²) in [5.74, 6) is 0.125. The molecule has 1 aliphatic rings. The molecule has 2 aromatic rings. The Morgan fingerprint density at radius 2 is 1.63 bits per heavy atom. The summed E-state index contributed by atoms with van der Waals surface area (Å²) in [5, 5.41) is 2.92. The van der Waals surface area contributed by atoms with E-state index in [1.54, 1.807) is 11.3 Å². The zero-order chi connectivity index (χ0) is 19.6. The van der Waals surface area contributed by atoms with E-state index in [-0.39, 0.29) is 17.2 Å². The van der Waals surface area contributed by atoms with E-state index in [0.717, 1.165) is 10.7 Å². The van der Waals surface area contributed by atoms with Gasteiger partial charge in [-0.25, -0.2) is 4.98 Å². The van der Waals surface area contributed by atoms with E-state index in [0.29, 0.717) is 38.2 Å². The number of thiazole rings is 1. The summed E-state index contributed by atoms with van der Waals surface area (Å²) in [5.41, 5.74) is 2.83. The Morgan fingerprint density at radius 3 is 2.15 bits per heavy atom. The van der Waals surface area contributed by atoms with Crippen LogP contribution in [-0.2, 0) is 16.6 Å². The molecular formula is C21H27N3O2S. The molecule has 3 rings (SSSR count). The molecule has 1 aliphatic heterocycles. The number of carbonyl (C=O) groups excluding carboxylic acids is 2. The highest BCUT2D eigenvalue weighted by atomic mass is 32.1. The Hall–Kier alpha value is -2.21. The Balaban J connectivity index is 1.55. The lowest BCUT2D eigenvalue weighted by Crippen LogP contribution is -2.51. The number of aromatic nitrogens is 1. The maximum atomic E-state index is 12.7. The van der Waals surface area contributed by atoms with Crippen LogP contribution in [0.2, 0.25) is 0 Å². The van der Waals surface area contributed by atoms with Crippen LogP contribution in [0.4, 0.5) is 0 Å². The minimum absolute atomic E-state index is 0.0395. The Morgan fingerprint density at radius 1 is 1.04 bits per heavy atom. The SMILES string of the molecule is Cc1nc(CC(=O)N2CCN(C(=O)c3ccc(C(C)(C)C)cc3)CC2)cs1. The van der Waals surface area contributed by atoms with Gasteiger partial charge in [0.1, 0.15) is 0 Å². The van der Waals surface area contributed by atoms with Crippen molar-refractivity contribution >= 4 is 23.2 Å². The third-order valence-corrected chi connectivity index (χ3v) is 5.74. The summed E-state index contributed by atoms with van der Waals surface area (Å²) >= 11 is 1.56. The van der Waals surface area contributed by atoms with Crippen molar-refractivity contribution in [3.8, 4) is 0 Å². The molecule has 0 bridgehead atoms. The van der Waals surface area contributed by atoms with Crippen molar-refractivity contribution in [1.82, 2.24) is 14.8 Å². The van der Waals surface area contributed by atoms with Crippen LogP contribution < -0.4 is 0 Å². The van der Waals surface area contributed by atoms with Crippen LogP contribution in [0.15, 0.2) is 29.6 Å². The monoisotopic (exact) mass is 385 g/mol. The van der Waals surface area contributed by atoms with Crippen LogP contribution >= 0.6 is 11.3 Å². The summed E-state index contributed by atoms with van der Waals surface area (Å²) < 4.78 is 0. The molecule has 1 fully saturated rings. The highest BCUT2D eigenvalue weighted by molar-refractivity contribution is 7.09. The molecule has 0 aliphatic carbocycles. The van der Waals surface area contributed by atoms with Gasteiger partial charge in [-0.05, 0) is 30.0 Å². The zero-order valence-electron chi connectivity index (χ0n) is 16.5. The first kappa shape index (κ1) is 19.5. The molecule has 6 heteroatoms. The van der Waals surface area contributed by atoms with Gasteiger partial charge in [-0.2, -0.15) is 0 Å². The van der Waals surface area contributed by atoms with Gasteiger partial charge in [0, 0.05) is 37.1 Å². The fourth-order valence-electron chi connectivity index (χ4n) is 3.21. The Labute approximate surface area is 165 Å². The molecule has 1 aromatic heterocycles. The van der Waals surface area contributed by atoms with E-state index in [1.807, 2.05) is 46.4 Å². The molecule has 1 saturated heterocycles. The summed E-state index contributed by atoms with van der Waals surface area (Å²) in [7, 11) is 0. The van der Waals surface area contributed by atoms with E-state index in [4.69, 9.17) is 0 Å². The van der Waals surface area contributed by atoms with Gasteiger partial charge in [0.15, 0.2) is 0 Å². The molecule has 0 spiro atoms. The number of amides is 2. The van der Waals surface area contributed by atoms with Gasteiger partial charge in [0.2, 0.25) is 5.91 Å². The van der Waals surface area contributed by atoms with Crippen LogP contribution in [0, 0.1) is 6.92 Å². The van der Waals surface area contributed by atoms with Gasteiger partial charge in [0.25, 0.3) is 5.91 Å². The number of benzene rings is 1. The van der Waals surface area contributed by atoms with Gasteiger partial charge in [-0.15, -0.1) is 11.3 Å². The van der Waals surface area contributed by atoms with Crippen LogP contribution in [-0.4, -0.2) is 52.8 Å². The maximum absolute atomic E-state index is 12.7. The van der Waals surface area contributed by atoms with Gasteiger partial charge in [-0.3, -0.25) is 9.59 Å². The minimum Gasteiger partial charge on any atom is -0.339 e. The fraction of sp³-hybridized carbons (Fsp3) is 0.476. The lowest BCUT2D eigenvalue weighted by molar-refractivity contribution is -0.132. The molecule has 144 valence electrons. The molecule has 27 heavy (non-hydrogen) atoms. The van der Waals surface area contributed by atoms with Gasteiger partial charge >= 0.3 is 0 Å². The van der Waals surface area contributed by atoms with Crippen LogP contribution in [0.5, 0.6) is 0 Å². The number of nitrogens with zero attached hydrogens (tertiary/aromatic N) is 3. The number of rotatable bonds is 3. The molecule has 0 unspecified atom stereocenters. The molecule has 0 N–H and O–H groups in total. The second kappa shape index (κ2) is 7.80. The summed E-state index contributed by atoms with van der Waals surface area (Å²) in [6.07, 6.45) is 0.340. The van der Waals surface area contributed by atoms with Gasteiger partial charge in [0.05, 0.1) is 17.1 Å². The number of hydrogen-bond acceptors (Lipinski definition) is 4. The molecule has 5 nitrogen and oxygen atoms in total. The fourth-order valence-corrected chi connectivity index (χ4v) is 3.82. The number of hydrogen-bond donors (Lipinski definition) is 0. The van der Waals surface area contributed by atoms with Crippen molar-refractivity contribution in [2.45, 2.75) is 39.5 Å². The van der Waals surface area contributed by atoms with E-state index in [1.165, 1.54) is 5.56 Å². The van der Waals surface area contributed by atoms with Crippen molar-refractivity contribution in [2.75, 3.05) is 26.2 Å². The lowest BCUT2D eigenvalue weighted by Gasteiger charge is -2.35. The standard InChI is InChI=1S/C21H27N3O2S/c1-15-22-18(14-27-15)13-19(25)23-9-11-24(12-10-23)20(26)16-5-7-17(8-6-16)21(2,3)4/h5-8,14H,9-13H2,1-4H3. The molecule has 0 saturated carbocycles. The molecule has 2 amide bonds. The predicted molar refractivity (Wildman–Crippen MR) is 108 cm³/mol. The molecule has 0 atom stereocenters.